The van der Waals surface area contributed by atoms with E-state index in [0.717, 1.165) is 36.8 Å². The molecule has 3 aromatic rings. The number of fused-ring (bicyclic) bond motifs is 2. The molecule has 1 aromatic carbocycles. The molecule has 0 unspecified atom stereocenters. The van der Waals surface area contributed by atoms with E-state index >= 15 is 0 Å². The molecule has 1 aliphatic rings. The largest absolute Gasteiger partial charge is 0.493 e. The van der Waals surface area contributed by atoms with E-state index in [1.165, 1.54) is 11.1 Å². The predicted molar refractivity (Wildman–Crippen MR) is 113 cm³/mol. The van der Waals surface area contributed by atoms with E-state index in [4.69, 9.17) is 14.5 Å². The quantitative estimate of drug-likeness (QED) is 0.680. The number of aromatic nitrogens is 3. The van der Waals surface area contributed by atoms with Gasteiger partial charge in [-0.15, -0.1) is 0 Å². The Morgan fingerprint density at radius 2 is 1.72 bits per heavy atom. The second-order valence-corrected chi connectivity index (χ2v) is 8.28. The van der Waals surface area contributed by atoms with Crippen LogP contribution in [0.3, 0.4) is 0 Å². The standard InChI is InChI=1S/C22H26N4O3/c1-22(2,3)26-13-23-21(27)16-6-7-19(24-20(16)26)25-9-8-14-10-17(28-4)18(29-5)11-15(14)12-25/h6-7,10-11,13H,8-9,12H2,1-5H3. The molecule has 29 heavy (non-hydrogen) atoms. The minimum absolute atomic E-state index is 0.233. The van der Waals surface area contributed by atoms with Gasteiger partial charge in [-0.1, -0.05) is 0 Å². The second kappa shape index (κ2) is 7.06. The smallest absolute Gasteiger partial charge is 0.282 e. The van der Waals surface area contributed by atoms with Gasteiger partial charge in [0.2, 0.25) is 0 Å². The molecule has 0 radical (unpaired) electrons. The van der Waals surface area contributed by atoms with E-state index in [1.54, 1.807) is 20.5 Å². The first-order valence-corrected chi connectivity index (χ1v) is 9.69. The summed E-state index contributed by atoms with van der Waals surface area (Å²) in [6.45, 7) is 7.78. The van der Waals surface area contributed by atoms with E-state index in [-0.39, 0.29) is 11.1 Å². The van der Waals surface area contributed by atoms with Gasteiger partial charge in [-0.3, -0.25) is 4.79 Å². The van der Waals surface area contributed by atoms with Crippen LogP contribution in [0, 0.1) is 0 Å². The number of hydrogen-bond acceptors (Lipinski definition) is 6. The minimum Gasteiger partial charge on any atom is -0.493 e. The van der Waals surface area contributed by atoms with Crippen molar-refractivity contribution in [2.45, 2.75) is 39.3 Å². The fraction of sp³-hybridized carbons (Fsp3) is 0.409. The summed E-state index contributed by atoms with van der Waals surface area (Å²) in [6, 6.07) is 7.84. The van der Waals surface area contributed by atoms with Crippen molar-refractivity contribution in [2.75, 3.05) is 25.7 Å². The van der Waals surface area contributed by atoms with E-state index < -0.39 is 0 Å². The Kier molecular flexibility index (Phi) is 4.68. The summed E-state index contributed by atoms with van der Waals surface area (Å²) in [7, 11) is 3.30. The third kappa shape index (κ3) is 3.41. The second-order valence-electron chi connectivity index (χ2n) is 8.28. The topological polar surface area (TPSA) is 69.5 Å². The maximum Gasteiger partial charge on any atom is 0.282 e. The Labute approximate surface area is 169 Å². The third-order valence-electron chi connectivity index (χ3n) is 5.37. The molecule has 0 saturated carbocycles. The van der Waals surface area contributed by atoms with Gasteiger partial charge in [0.25, 0.3) is 5.56 Å². The van der Waals surface area contributed by atoms with Crippen LogP contribution in [0.25, 0.3) is 11.0 Å². The molecule has 0 spiro atoms. The highest BCUT2D eigenvalue weighted by molar-refractivity contribution is 5.76. The fourth-order valence-corrected chi connectivity index (χ4v) is 3.77. The van der Waals surface area contributed by atoms with Crippen LogP contribution >= 0.6 is 0 Å². The number of benzene rings is 1. The SMILES string of the molecule is COc1cc2c(cc1OC)CN(c1ccc3c(=O)ncn(C(C)(C)C)c3n1)CC2. The van der Waals surface area contributed by atoms with E-state index in [1.807, 2.05) is 22.8 Å². The van der Waals surface area contributed by atoms with Crippen LogP contribution in [0.1, 0.15) is 31.9 Å². The summed E-state index contributed by atoms with van der Waals surface area (Å²) < 4.78 is 12.8. The summed E-state index contributed by atoms with van der Waals surface area (Å²) in [5, 5.41) is 0.537. The lowest BCUT2D eigenvalue weighted by atomic mass is 9.98. The van der Waals surface area contributed by atoms with Crippen molar-refractivity contribution >= 4 is 16.9 Å². The van der Waals surface area contributed by atoms with Crippen LogP contribution in [0.15, 0.2) is 35.4 Å². The molecule has 0 saturated heterocycles. The number of methoxy groups -OCH3 is 2. The third-order valence-corrected chi connectivity index (χ3v) is 5.37. The molecular formula is C22H26N4O3. The number of nitrogens with zero attached hydrogens (tertiary/aromatic N) is 4. The van der Waals surface area contributed by atoms with Crippen molar-refractivity contribution in [1.29, 1.82) is 0 Å². The normalized spacial score (nSPS) is 14.0. The molecule has 7 heteroatoms. The van der Waals surface area contributed by atoms with Crippen LogP contribution in [0.5, 0.6) is 11.5 Å². The maximum atomic E-state index is 12.2. The number of ether oxygens (including phenoxy) is 2. The first-order valence-electron chi connectivity index (χ1n) is 9.69. The van der Waals surface area contributed by atoms with Crippen molar-refractivity contribution in [3.8, 4) is 11.5 Å². The lowest BCUT2D eigenvalue weighted by molar-refractivity contribution is 0.353. The van der Waals surface area contributed by atoms with Gasteiger partial charge in [0.15, 0.2) is 11.5 Å². The molecule has 2 aromatic heterocycles. The molecule has 0 amide bonds. The van der Waals surface area contributed by atoms with Gasteiger partial charge in [-0.2, -0.15) is 4.98 Å². The highest BCUT2D eigenvalue weighted by Gasteiger charge is 2.22. The molecule has 0 fully saturated rings. The van der Waals surface area contributed by atoms with Crippen LogP contribution in [-0.2, 0) is 18.5 Å². The van der Waals surface area contributed by atoms with Gasteiger partial charge >= 0.3 is 0 Å². The molecule has 152 valence electrons. The zero-order valence-electron chi connectivity index (χ0n) is 17.5. The van der Waals surface area contributed by atoms with Crippen molar-refractivity contribution in [1.82, 2.24) is 14.5 Å². The first kappa shape index (κ1) is 19.2. The number of anilines is 1. The van der Waals surface area contributed by atoms with Crippen molar-refractivity contribution in [3.05, 3.63) is 52.1 Å². The molecule has 0 N–H and O–H groups in total. The fourth-order valence-electron chi connectivity index (χ4n) is 3.77. The van der Waals surface area contributed by atoms with Gasteiger partial charge in [0.1, 0.15) is 17.8 Å². The van der Waals surface area contributed by atoms with Gasteiger partial charge < -0.3 is 18.9 Å². The van der Waals surface area contributed by atoms with Crippen LogP contribution < -0.4 is 19.9 Å². The summed E-state index contributed by atoms with van der Waals surface area (Å²) in [6.07, 6.45) is 2.47. The zero-order valence-corrected chi connectivity index (χ0v) is 17.5. The molecule has 7 nitrogen and oxygen atoms in total. The summed E-state index contributed by atoms with van der Waals surface area (Å²) in [5.74, 6) is 2.33. The molecule has 0 bridgehead atoms. The number of rotatable bonds is 3. The van der Waals surface area contributed by atoms with Crippen molar-refractivity contribution < 1.29 is 9.47 Å². The minimum atomic E-state index is -0.250. The lowest BCUT2D eigenvalue weighted by Crippen LogP contribution is -2.32. The van der Waals surface area contributed by atoms with Gasteiger partial charge in [-0.25, -0.2) is 4.98 Å². The predicted octanol–water partition coefficient (Wildman–Crippen LogP) is 3.13. The summed E-state index contributed by atoms with van der Waals surface area (Å²) in [4.78, 5) is 23.3. The van der Waals surface area contributed by atoms with E-state index in [9.17, 15) is 4.79 Å². The Morgan fingerprint density at radius 3 is 2.38 bits per heavy atom. The Morgan fingerprint density at radius 1 is 1.03 bits per heavy atom. The van der Waals surface area contributed by atoms with Gasteiger partial charge in [0, 0.05) is 18.6 Å². The average Bonchev–Trinajstić information content (AvgIpc) is 2.71. The summed E-state index contributed by atoms with van der Waals surface area (Å²) >= 11 is 0. The molecule has 4 rings (SSSR count). The van der Waals surface area contributed by atoms with Crippen molar-refractivity contribution in [2.24, 2.45) is 0 Å². The van der Waals surface area contributed by atoms with Crippen LogP contribution in [0.2, 0.25) is 0 Å². The van der Waals surface area contributed by atoms with Gasteiger partial charge in [0.05, 0.1) is 19.6 Å². The Hall–Kier alpha value is -3.09. The summed E-state index contributed by atoms with van der Waals surface area (Å²) in [5.41, 5.74) is 2.63. The first-order chi connectivity index (χ1) is 13.8. The van der Waals surface area contributed by atoms with Crippen molar-refractivity contribution in [3.63, 3.8) is 0 Å². The monoisotopic (exact) mass is 394 g/mol. The number of hydrogen-bond donors (Lipinski definition) is 0. The molecule has 0 atom stereocenters. The zero-order chi connectivity index (χ0) is 20.8. The molecule has 1 aliphatic heterocycles. The molecule has 3 heterocycles. The lowest BCUT2D eigenvalue weighted by Gasteiger charge is -2.31. The van der Waals surface area contributed by atoms with E-state index in [2.05, 4.69) is 36.7 Å². The van der Waals surface area contributed by atoms with Crippen LogP contribution in [0.4, 0.5) is 5.82 Å². The van der Waals surface area contributed by atoms with Crippen LogP contribution in [-0.4, -0.2) is 35.3 Å². The molecular weight excluding hydrogens is 368 g/mol. The highest BCUT2D eigenvalue weighted by Crippen LogP contribution is 2.34. The number of pyridine rings is 1. The van der Waals surface area contributed by atoms with Gasteiger partial charge in [-0.05, 0) is 62.6 Å². The van der Waals surface area contributed by atoms with E-state index in [0.29, 0.717) is 11.0 Å². The maximum absolute atomic E-state index is 12.2. The highest BCUT2D eigenvalue weighted by atomic mass is 16.5. The Balaban J connectivity index is 1.76. The average molecular weight is 394 g/mol. The molecule has 0 aliphatic carbocycles. The Bertz CT molecular complexity index is 1130.